The lowest BCUT2D eigenvalue weighted by Crippen LogP contribution is -1.92. The molecule has 2 heterocycles. The number of pyridine rings is 2. The molecule has 0 fully saturated rings. The fourth-order valence-electron chi connectivity index (χ4n) is 6.02. The highest BCUT2D eigenvalue weighted by atomic mass is 14.6. The Bertz CT molecular complexity index is 2190. The summed E-state index contributed by atoms with van der Waals surface area (Å²) >= 11 is 0. The lowest BCUT2D eigenvalue weighted by molar-refractivity contribution is 1.41. The summed E-state index contributed by atoms with van der Waals surface area (Å²) in [6.07, 6.45) is 3.71. The van der Waals surface area contributed by atoms with Crippen LogP contribution >= 0.6 is 0 Å². The average molecular weight is 483 g/mol. The van der Waals surface area contributed by atoms with Crippen molar-refractivity contribution >= 4 is 54.1 Å². The van der Waals surface area contributed by atoms with Gasteiger partial charge in [0.15, 0.2) is 0 Å². The van der Waals surface area contributed by atoms with Gasteiger partial charge in [0.25, 0.3) is 0 Å². The molecule has 2 heteroatoms. The normalized spacial score (nSPS) is 11.7. The number of hydrogen-bond acceptors (Lipinski definition) is 2. The molecule has 0 unspecified atom stereocenters. The van der Waals surface area contributed by atoms with Gasteiger partial charge < -0.3 is 0 Å². The first kappa shape index (κ1) is 21.0. The Balaban J connectivity index is 1.58. The molecule has 0 saturated heterocycles. The van der Waals surface area contributed by atoms with Gasteiger partial charge in [0.1, 0.15) is 0 Å². The molecule has 0 saturated carbocycles. The van der Waals surface area contributed by atoms with Crippen LogP contribution in [0.5, 0.6) is 0 Å². The zero-order valence-corrected chi connectivity index (χ0v) is 20.6. The molecule has 0 amide bonds. The zero-order chi connectivity index (χ0) is 25.1. The Kier molecular flexibility index (Phi) is 4.55. The van der Waals surface area contributed by atoms with Gasteiger partial charge in [-0.05, 0) is 91.0 Å². The molecule has 0 N–H and O–H groups in total. The molecular weight excluding hydrogens is 460 g/mol. The van der Waals surface area contributed by atoms with Gasteiger partial charge in [-0.1, -0.05) is 84.9 Å². The highest BCUT2D eigenvalue weighted by Gasteiger charge is 2.19. The van der Waals surface area contributed by atoms with Gasteiger partial charge in [0.2, 0.25) is 0 Å². The molecule has 2 nitrogen and oxygen atoms in total. The quantitative estimate of drug-likeness (QED) is 0.181. The van der Waals surface area contributed by atoms with Gasteiger partial charge in [-0.25, -0.2) is 0 Å². The number of hydrogen-bond donors (Lipinski definition) is 0. The van der Waals surface area contributed by atoms with E-state index in [0.29, 0.717) is 0 Å². The fraction of sp³-hybridized carbons (Fsp3) is 0. The maximum Gasteiger partial charge on any atom is 0.0702 e. The Hall–Kier alpha value is -5.08. The van der Waals surface area contributed by atoms with E-state index < -0.39 is 0 Å². The van der Waals surface area contributed by atoms with Crippen molar-refractivity contribution in [3.8, 4) is 22.3 Å². The molecule has 8 aromatic rings. The second-order valence-corrected chi connectivity index (χ2v) is 9.83. The first-order valence-electron chi connectivity index (χ1n) is 12.9. The number of nitrogens with zero attached hydrogens (tertiary/aromatic N) is 2. The number of benzene rings is 6. The standard InChI is InChI=1S/C36H22N2/c1-2-10-28-23(7-1)13-16-31-34(26-14-17-32-24(21-26)8-5-19-37-32)29-11-3-4-12-30(29)35(36(28)31)27-15-18-33-25(22-27)9-6-20-38-33/h1-22H. The molecule has 38 heavy (non-hydrogen) atoms. The van der Waals surface area contributed by atoms with E-state index in [1.54, 1.807) is 0 Å². The summed E-state index contributed by atoms with van der Waals surface area (Å²) in [5.41, 5.74) is 6.96. The molecular formula is C36H22N2. The van der Waals surface area contributed by atoms with Crippen LogP contribution in [-0.2, 0) is 0 Å². The van der Waals surface area contributed by atoms with Crippen molar-refractivity contribution in [2.45, 2.75) is 0 Å². The lowest BCUT2D eigenvalue weighted by atomic mass is 9.83. The van der Waals surface area contributed by atoms with E-state index in [1.807, 2.05) is 24.5 Å². The van der Waals surface area contributed by atoms with Crippen molar-refractivity contribution in [3.63, 3.8) is 0 Å². The van der Waals surface area contributed by atoms with Crippen LogP contribution in [0.4, 0.5) is 0 Å². The van der Waals surface area contributed by atoms with E-state index in [2.05, 4.69) is 119 Å². The van der Waals surface area contributed by atoms with Crippen LogP contribution in [0, 0.1) is 0 Å². The minimum absolute atomic E-state index is 1.01. The van der Waals surface area contributed by atoms with Gasteiger partial charge in [-0.15, -0.1) is 0 Å². The van der Waals surface area contributed by atoms with Gasteiger partial charge in [0, 0.05) is 23.2 Å². The maximum atomic E-state index is 4.56. The van der Waals surface area contributed by atoms with Gasteiger partial charge in [-0.3, -0.25) is 9.97 Å². The van der Waals surface area contributed by atoms with Crippen molar-refractivity contribution in [2.75, 3.05) is 0 Å². The Morgan fingerprint density at radius 3 is 1.61 bits per heavy atom. The van der Waals surface area contributed by atoms with E-state index in [1.165, 1.54) is 54.6 Å². The van der Waals surface area contributed by atoms with Crippen LogP contribution in [0.15, 0.2) is 134 Å². The molecule has 6 aromatic carbocycles. The summed E-state index contributed by atoms with van der Waals surface area (Å²) < 4.78 is 0. The minimum atomic E-state index is 1.01. The van der Waals surface area contributed by atoms with Crippen LogP contribution in [0.3, 0.4) is 0 Å². The molecule has 0 atom stereocenters. The molecule has 0 radical (unpaired) electrons. The largest absolute Gasteiger partial charge is 0.256 e. The molecule has 0 bridgehead atoms. The van der Waals surface area contributed by atoms with E-state index in [0.717, 1.165) is 21.8 Å². The van der Waals surface area contributed by atoms with Gasteiger partial charge in [-0.2, -0.15) is 0 Å². The maximum absolute atomic E-state index is 4.56. The monoisotopic (exact) mass is 482 g/mol. The van der Waals surface area contributed by atoms with Crippen LogP contribution in [0.1, 0.15) is 0 Å². The first-order valence-corrected chi connectivity index (χ1v) is 12.9. The molecule has 176 valence electrons. The van der Waals surface area contributed by atoms with E-state index in [4.69, 9.17) is 0 Å². The zero-order valence-electron chi connectivity index (χ0n) is 20.6. The van der Waals surface area contributed by atoms with Crippen LogP contribution in [0.2, 0.25) is 0 Å². The summed E-state index contributed by atoms with van der Waals surface area (Å²) in [5.74, 6) is 0. The van der Waals surface area contributed by atoms with Crippen LogP contribution < -0.4 is 0 Å². The average Bonchev–Trinajstić information content (AvgIpc) is 2.99. The number of fused-ring (bicyclic) bond motifs is 6. The predicted octanol–water partition coefficient (Wildman–Crippen LogP) is 9.58. The summed E-state index contributed by atoms with van der Waals surface area (Å²) in [6.45, 7) is 0. The highest BCUT2D eigenvalue weighted by molar-refractivity contribution is 6.28. The Morgan fingerprint density at radius 2 is 0.921 bits per heavy atom. The van der Waals surface area contributed by atoms with E-state index in [9.17, 15) is 0 Å². The Labute approximate surface area is 219 Å². The third-order valence-corrected chi connectivity index (χ3v) is 7.70. The van der Waals surface area contributed by atoms with Crippen molar-refractivity contribution in [2.24, 2.45) is 0 Å². The van der Waals surface area contributed by atoms with Crippen molar-refractivity contribution in [3.05, 3.63) is 134 Å². The fourth-order valence-corrected chi connectivity index (χ4v) is 6.02. The SMILES string of the molecule is c1cnc2ccc(-c3c4ccccc4c(-c4ccc5ncccc5c4)c4c3ccc3ccccc34)cc2c1. The van der Waals surface area contributed by atoms with Gasteiger partial charge in [0.05, 0.1) is 11.0 Å². The number of rotatable bonds is 2. The first-order chi connectivity index (χ1) is 18.8. The summed E-state index contributed by atoms with van der Waals surface area (Å²) in [7, 11) is 0. The summed E-state index contributed by atoms with van der Waals surface area (Å²) in [4.78, 5) is 9.12. The Morgan fingerprint density at radius 1 is 0.368 bits per heavy atom. The van der Waals surface area contributed by atoms with E-state index >= 15 is 0 Å². The smallest absolute Gasteiger partial charge is 0.0702 e. The topological polar surface area (TPSA) is 25.8 Å². The molecule has 0 spiro atoms. The van der Waals surface area contributed by atoms with Crippen molar-refractivity contribution in [1.29, 1.82) is 0 Å². The predicted molar refractivity (Wildman–Crippen MR) is 160 cm³/mol. The number of aromatic nitrogens is 2. The van der Waals surface area contributed by atoms with Crippen LogP contribution in [0.25, 0.3) is 76.4 Å². The third kappa shape index (κ3) is 3.14. The second-order valence-electron chi connectivity index (χ2n) is 9.83. The van der Waals surface area contributed by atoms with E-state index in [-0.39, 0.29) is 0 Å². The summed E-state index contributed by atoms with van der Waals surface area (Å²) in [6, 6.07) is 43.7. The molecule has 0 aliphatic carbocycles. The molecule has 0 aliphatic heterocycles. The molecule has 0 aliphatic rings. The minimum Gasteiger partial charge on any atom is -0.256 e. The van der Waals surface area contributed by atoms with Crippen molar-refractivity contribution in [1.82, 2.24) is 9.97 Å². The van der Waals surface area contributed by atoms with Crippen molar-refractivity contribution < 1.29 is 0 Å². The lowest BCUT2D eigenvalue weighted by Gasteiger charge is -2.19. The van der Waals surface area contributed by atoms with Crippen LogP contribution in [-0.4, -0.2) is 9.97 Å². The molecule has 8 rings (SSSR count). The second kappa shape index (κ2) is 8.22. The highest BCUT2D eigenvalue weighted by Crippen LogP contribution is 2.46. The third-order valence-electron chi connectivity index (χ3n) is 7.70. The molecule has 2 aromatic heterocycles. The van der Waals surface area contributed by atoms with Gasteiger partial charge >= 0.3 is 0 Å². The summed E-state index contributed by atoms with van der Waals surface area (Å²) in [5, 5.41) is 9.84.